The molecule has 0 aliphatic carbocycles. The first-order valence-corrected chi connectivity index (χ1v) is 7.19. The molecule has 1 aliphatic heterocycles. The average molecular weight is 320 g/mol. The van der Waals surface area contributed by atoms with E-state index in [0.717, 1.165) is 0 Å². The van der Waals surface area contributed by atoms with Gasteiger partial charge in [-0.25, -0.2) is 0 Å². The molecule has 0 saturated carbocycles. The van der Waals surface area contributed by atoms with Crippen LogP contribution in [0.2, 0.25) is 0 Å². The summed E-state index contributed by atoms with van der Waals surface area (Å²) in [5, 5.41) is 13.5. The molecule has 124 valence electrons. The summed E-state index contributed by atoms with van der Waals surface area (Å²) in [7, 11) is 0. The zero-order chi connectivity index (χ0) is 16.5. The van der Waals surface area contributed by atoms with Crippen LogP contribution in [-0.4, -0.2) is 45.9 Å². The number of alkyl halides is 3. The smallest absolute Gasteiger partial charge is 0.380 e. The van der Waals surface area contributed by atoms with Crippen LogP contribution in [-0.2, 0) is 0 Å². The van der Waals surface area contributed by atoms with Gasteiger partial charge in [-0.3, -0.25) is 4.79 Å². The van der Waals surface area contributed by atoms with E-state index < -0.39 is 30.5 Å². The number of likely N-dealkylation sites (tertiary alicyclic amines) is 1. The Morgan fingerprint density at radius 1 is 1.41 bits per heavy atom. The lowest BCUT2D eigenvalue weighted by molar-refractivity contribution is -0.263. The first kappa shape index (κ1) is 16.8. The molecule has 1 aliphatic rings. The molecule has 2 rings (SSSR count). The lowest BCUT2D eigenvalue weighted by Crippen LogP contribution is -2.46. The van der Waals surface area contributed by atoms with Crippen LogP contribution in [0, 0.1) is 0 Å². The number of aliphatic hydroxyl groups is 1. The number of amides is 1. The quantitative estimate of drug-likeness (QED) is 0.910. The van der Waals surface area contributed by atoms with Crippen molar-refractivity contribution in [3.8, 4) is 0 Å². The number of hydrogen-bond donors (Lipinski definition) is 1. The highest BCUT2D eigenvalue weighted by molar-refractivity contribution is 5.91. The molecule has 1 atom stereocenters. The van der Waals surface area contributed by atoms with Gasteiger partial charge in [-0.2, -0.15) is 13.2 Å². The fourth-order valence-electron chi connectivity index (χ4n) is 2.42. The number of hydrogen-bond acceptors (Lipinski definition) is 4. The monoisotopic (exact) mass is 320 g/mol. The SMILES string of the molecule is CC(C)c1cc(C(=O)N2CCCC(O)(C(F)(F)F)CC2)on1. The van der Waals surface area contributed by atoms with Gasteiger partial charge in [0.15, 0.2) is 5.60 Å². The largest absolute Gasteiger partial charge is 0.417 e. The third-order valence-electron chi connectivity index (χ3n) is 3.96. The van der Waals surface area contributed by atoms with Gasteiger partial charge < -0.3 is 14.5 Å². The minimum Gasteiger partial charge on any atom is -0.380 e. The molecular weight excluding hydrogens is 301 g/mol. The van der Waals surface area contributed by atoms with E-state index in [9.17, 15) is 23.1 Å². The molecule has 8 heteroatoms. The summed E-state index contributed by atoms with van der Waals surface area (Å²) in [5.74, 6) is -0.392. The first-order valence-electron chi connectivity index (χ1n) is 7.19. The van der Waals surface area contributed by atoms with E-state index in [1.165, 1.54) is 11.0 Å². The van der Waals surface area contributed by atoms with Gasteiger partial charge in [0.05, 0.1) is 5.69 Å². The minimum absolute atomic E-state index is 0.0150. The molecule has 0 spiro atoms. The molecule has 5 nitrogen and oxygen atoms in total. The number of halogens is 3. The van der Waals surface area contributed by atoms with Crippen molar-refractivity contribution in [3.05, 3.63) is 17.5 Å². The standard InChI is InChI=1S/C14H19F3N2O3/c1-9(2)10-8-11(22-18-10)12(20)19-6-3-4-13(21,5-7-19)14(15,16)17/h8-9,21H,3-7H2,1-2H3. The van der Waals surface area contributed by atoms with Crippen molar-refractivity contribution in [2.75, 3.05) is 13.1 Å². The molecular formula is C14H19F3N2O3. The molecule has 1 saturated heterocycles. The molecule has 1 unspecified atom stereocenters. The second-order valence-corrected chi connectivity index (χ2v) is 5.95. The Morgan fingerprint density at radius 2 is 2.09 bits per heavy atom. The molecule has 1 aromatic rings. The van der Waals surface area contributed by atoms with E-state index in [1.807, 2.05) is 13.8 Å². The Labute approximate surface area is 126 Å². The van der Waals surface area contributed by atoms with Crippen molar-refractivity contribution in [3.63, 3.8) is 0 Å². The topological polar surface area (TPSA) is 66.6 Å². The maximum absolute atomic E-state index is 12.9. The van der Waals surface area contributed by atoms with Gasteiger partial charge >= 0.3 is 6.18 Å². The van der Waals surface area contributed by atoms with Gasteiger partial charge in [0.25, 0.3) is 5.91 Å². The van der Waals surface area contributed by atoms with Crippen molar-refractivity contribution in [2.45, 2.75) is 50.8 Å². The van der Waals surface area contributed by atoms with Crippen LogP contribution in [0.5, 0.6) is 0 Å². The Hall–Kier alpha value is -1.57. The van der Waals surface area contributed by atoms with E-state index in [4.69, 9.17) is 4.52 Å². The predicted octanol–water partition coefficient (Wildman–Crippen LogP) is 2.72. The normalized spacial score (nSPS) is 23.7. The van der Waals surface area contributed by atoms with Gasteiger partial charge in [-0.1, -0.05) is 19.0 Å². The molecule has 0 aromatic carbocycles. The highest BCUT2D eigenvalue weighted by atomic mass is 19.4. The van der Waals surface area contributed by atoms with Crippen molar-refractivity contribution < 1.29 is 27.6 Å². The van der Waals surface area contributed by atoms with Crippen molar-refractivity contribution >= 4 is 5.91 Å². The molecule has 0 radical (unpaired) electrons. The van der Waals surface area contributed by atoms with E-state index in [-0.39, 0.29) is 31.2 Å². The number of nitrogens with zero attached hydrogens (tertiary/aromatic N) is 2. The maximum Gasteiger partial charge on any atom is 0.417 e. The second kappa shape index (κ2) is 5.91. The Bertz CT molecular complexity index is 542. The van der Waals surface area contributed by atoms with Crippen molar-refractivity contribution in [1.82, 2.24) is 10.1 Å². The highest BCUT2D eigenvalue weighted by Crippen LogP contribution is 2.38. The Kier molecular flexibility index (Phi) is 4.51. The average Bonchev–Trinajstić information content (AvgIpc) is 2.82. The van der Waals surface area contributed by atoms with Crippen LogP contribution in [0.4, 0.5) is 13.2 Å². The number of carbonyl (C=O) groups is 1. The van der Waals surface area contributed by atoms with Crippen LogP contribution in [0.15, 0.2) is 10.6 Å². The summed E-state index contributed by atoms with van der Waals surface area (Å²) in [6.45, 7) is 3.75. The second-order valence-electron chi connectivity index (χ2n) is 5.95. The Balaban J connectivity index is 2.09. The summed E-state index contributed by atoms with van der Waals surface area (Å²) in [6.07, 6.45) is -5.56. The fourth-order valence-corrected chi connectivity index (χ4v) is 2.42. The van der Waals surface area contributed by atoms with Crippen LogP contribution in [0.3, 0.4) is 0 Å². The third-order valence-corrected chi connectivity index (χ3v) is 3.96. The van der Waals surface area contributed by atoms with Crippen molar-refractivity contribution in [1.29, 1.82) is 0 Å². The van der Waals surface area contributed by atoms with E-state index in [2.05, 4.69) is 5.16 Å². The summed E-state index contributed by atoms with van der Waals surface area (Å²) >= 11 is 0. The number of aromatic nitrogens is 1. The Morgan fingerprint density at radius 3 is 2.64 bits per heavy atom. The van der Waals surface area contributed by atoms with Gasteiger partial charge in [0.1, 0.15) is 0 Å². The molecule has 1 amide bonds. The van der Waals surface area contributed by atoms with E-state index >= 15 is 0 Å². The number of rotatable bonds is 2. The van der Waals surface area contributed by atoms with Crippen molar-refractivity contribution in [2.24, 2.45) is 0 Å². The summed E-state index contributed by atoms with van der Waals surface area (Å²) in [4.78, 5) is 13.6. The zero-order valence-corrected chi connectivity index (χ0v) is 12.5. The fraction of sp³-hybridized carbons (Fsp3) is 0.714. The molecule has 0 bridgehead atoms. The molecule has 22 heavy (non-hydrogen) atoms. The van der Waals surface area contributed by atoms with E-state index in [1.54, 1.807) is 0 Å². The molecule has 1 aromatic heterocycles. The van der Waals surface area contributed by atoms with Crippen LogP contribution in [0.1, 0.15) is 55.3 Å². The molecule has 1 fully saturated rings. The lowest BCUT2D eigenvalue weighted by Gasteiger charge is -2.29. The number of carbonyl (C=O) groups excluding carboxylic acids is 1. The minimum atomic E-state index is -4.69. The van der Waals surface area contributed by atoms with Crippen LogP contribution >= 0.6 is 0 Å². The summed E-state index contributed by atoms with van der Waals surface area (Å²) in [6, 6.07) is 1.51. The summed E-state index contributed by atoms with van der Waals surface area (Å²) in [5.41, 5.74) is -2.11. The lowest BCUT2D eigenvalue weighted by atomic mass is 9.94. The van der Waals surface area contributed by atoms with Gasteiger partial charge in [-0.15, -0.1) is 0 Å². The summed E-state index contributed by atoms with van der Waals surface area (Å²) < 4.78 is 43.6. The first-order chi connectivity index (χ1) is 10.1. The van der Waals surface area contributed by atoms with E-state index in [0.29, 0.717) is 5.69 Å². The molecule has 2 heterocycles. The predicted molar refractivity (Wildman–Crippen MR) is 71.4 cm³/mol. The van der Waals surface area contributed by atoms with Gasteiger partial charge in [0, 0.05) is 25.6 Å². The van der Waals surface area contributed by atoms with Crippen LogP contribution < -0.4 is 0 Å². The maximum atomic E-state index is 12.9. The van der Waals surface area contributed by atoms with Crippen LogP contribution in [0.25, 0.3) is 0 Å². The van der Waals surface area contributed by atoms with Gasteiger partial charge in [-0.05, 0) is 18.8 Å². The molecule has 1 N–H and O–H groups in total. The highest BCUT2D eigenvalue weighted by Gasteiger charge is 2.53. The zero-order valence-electron chi connectivity index (χ0n) is 12.5. The third kappa shape index (κ3) is 3.26. The van der Waals surface area contributed by atoms with Gasteiger partial charge in [0.2, 0.25) is 5.76 Å².